The van der Waals surface area contributed by atoms with Crippen LogP contribution < -0.4 is 10.1 Å². The summed E-state index contributed by atoms with van der Waals surface area (Å²) >= 11 is 0. The summed E-state index contributed by atoms with van der Waals surface area (Å²) in [6, 6.07) is 4.53. The zero-order chi connectivity index (χ0) is 12.6. The number of rotatable bonds is 2. The van der Waals surface area contributed by atoms with Crippen LogP contribution in [-0.4, -0.2) is 13.7 Å². The van der Waals surface area contributed by atoms with Crippen molar-refractivity contribution in [3.8, 4) is 5.75 Å². The Balaban J connectivity index is 2.60. The lowest BCUT2D eigenvalue weighted by Crippen LogP contribution is -2.39. The van der Waals surface area contributed by atoms with Gasteiger partial charge in [0, 0.05) is 24.1 Å². The van der Waals surface area contributed by atoms with Crippen molar-refractivity contribution in [2.24, 2.45) is 0 Å². The minimum Gasteiger partial charge on any atom is -0.496 e. The van der Waals surface area contributed by atoms with E-state index in [0.29, 0.717) is 5.92 Å². The molecule has 0 fully saturated rings. The number of nitrogens with one attached hydrogen (secondary N) is 1. The van der Waals surface area contributed by atoms with Crippen LogP contribution in [0.5, 0.6) is 5.75 Å². The van der Waals surface area contributed by atoms with Crippen molar-refractivity contribution < 1.29 is 4.74 Å². The molecule has 2 nitrogen and oxygen atoms in total. The van der Waals surface area contributed by atoms with Gasteiger partial charge in [-0.3, -0.25) is 0 Å². The Bertz CT molecular complexity index is 404. The molecule has 0 bridgehead atoms. The first-order chi connectivity index (χ1) is 7.95. The van der Waals surface area contributed by atoms with Crippen molar-refractivity contribution in [2.45, 2.75) is 45.6 Å². The number of hydrogen-bond donors (Lipinski definition) is 1. The second-order valence-corrected chi connectivity index (χ2v) is 5.90. The van der Waals surface area contributed by atoms with Crippen LogP contribution in [0.3, 0.4) is 0 Å². The third-order valence-electron chi connectivity index (χ3n) is 3.65. The summed E-state index contributed by atoms with van der Waals surface area (Å²) in [7, 11) is 1.78. The Morgan fingerprint density at radius 1 is 1.29 bits per heavy atom. The van der Waals surface area contributed by atoms with Crippen LogP contribution >= 0.6 is 0 Å². The maximum Gasteiger partial charge on any atom is 0.123 e. The molecule has 0 saturated heterocycles. The predicted molar refractivity (Wildman–Crippen MR) is 71.8 cm³/mol. The molecule has 1 heterocycles. The van der Waals surface area contributed by atoms with Crippen LogP contribution in [0.4, 0.5) is 0 Å². The summed E-state index contributed by atoms with van der Waals surface area (Å²) in [5, 5.41) is 3.49. The fraction of sp³-hybridized carbons (Fsp3) is 0.600. The largest absolute Gasteiger partial charge is 0.496 e. The number of ether oxygens (including phenoxy) is 1. The van der Waals surface area contributed by atoms with Crippen molar-refractivity contribution >= 4 is 0 Å². The molecule has 94 valence electrons. The first-order valence-electron chi connectivity index (χ1n) is 6.37. The van der Waals surface area contributed by atoms with E-state index in [2.05, 4.69) is 45.1 Å². The zero-order valence-electron chi connectivity index (χ0n) is 11.6. The molecule has 0 spiro atoms. The highest BCUT2D eigenvalue weighted by molar-refractivity contribution is 5.50. The smallest absolute Gasteiger partial charge is 0.123 e. The van der Waals surface area contributed by atoms with Crippen molar-refractivity contribution in [1.82, 2.24) is 5.32 Å². The van der Waals surface area contributed by atoms with Gasteiger partial charge in [-0.25, -0.2) is 0 Å². The molecule has 17 heavy (non-hydrogen) atoms. The predicted octanol–water partition coefficient (Wildman–Crippen LogP) is 3.20. The van der Waals surface area contributed by atoms with Gasteiger partial charge in [0.2, 0.25) is 0 Å². The molecule has 1 aliphatic heterocycles. The van der Waals surface area contributed by atoms with Crippen LogP contribution in [0, 0.1) is 0 Å². The minimum atomic E-state index is 0.147. The van der Waals surface area contributed by atoms with Gasteiger partial charge in [-0.05, 0) is 23.1 Å². The van der Waals surface area contributed by atoms with Crippen LogP contribution in [0.2, 0.25) is 0 Å². The Kier molecular flexibility index (Phi) is 3.17. The first-order valence-corrected chi connectivity index (χ1v) is 6.37. The maximum atomic E-state index is 5.61. The fourth-order valence-corrected chi connectivity index (χ4v) is 2.70. The highest BCUT2D eigenvalue weighted by Gasteiger charge is 2.31. The topological polar surface area (TPSA) is 21.3 Å². The number of benzene rings is 1. The lowest BCUT2D eigenvalue weighted by atomic mass is 9.77. The molecule has 1 N–H and O–H groups in total. The molecular formula is C15H23NO. The molecule has 1 aliphatic rings. The molecule has 0 atom stereocenters. The highest BCUT2D eigenvalue weighted by atomic mass is 16.5. The molecule has 0 aliphatic carbocycles. The van der Waals surface area contributed by atoms with E-state index in [-0.39, 0.29) is 5.41 Å². The van der Waals surface area contributed by atoms with Gasteiger partial charge in [0.25, 0.3) is 0 Å². The second kappa shape index (κ2) is 4.34. The molecule has 2 rings (SSSR count). The molecule has 1 aromatic rings. The average Bonchev–Trinajstić information content (AvgIpc) is 2.26. The van der Waals surface area contributed by atoms with E-state index >= 15 is 0 Å². The molecule has 1 aromatic carbocycles. The molecule has 2 heteroatoms. The third-order valence-corrected chi connectivity index (χ3v) is 3.65. The Hall–Kier alpha value is -1.02. The number of hydrogen-bond acceptors (Lipinski definition) is 2. The summed E-state index contributed by atoms with van der Waals surface area (Å²) in [6.07, 6.45) is 0. The van der Waals surface area contributed by atoms with Crippen molar-refractivity contribution in [1.29, 1.82) is 0 Å². The van der Waals surface area contributed by atoms with Gasteiger partial charge >= 0.3 is 0 Å². The van der Waals surface area contributed by atoms with Crippen LogP contribution in [0.15, 0.2) is 12.1 Å². The number of methoxy groups -OCH3 is 1. The van der Waals surface area contributed by atoms with Gasteiger partial charge in [-0.1, -0.05) is 33.8 Å². The van der Waals surface area contributed by atoms with Gasteiger partial charge in [0.05, 0.1) is 7.11 Å². The standard InChI is InChI=1S/C15H23NO/c1-10(2)11-6-12-8-16-9-15(3,4)14(12)13(7-11)17-5/h6-7,10,16H,8-9H2,1-5H3. The molecule has 0 unspecified atom stereocenters. The van der Waals surface area contributed by atoms with Gasteiger partial charge in [0.15, 0.2) is 0 Å². The molecule has 0 radical (unpaired) electrons. The van der Waals surface area contributed by atoms with E-state index < -0.39 is 0 Å². The van der Waals surface area contributed by atoms with Crippen LogP contribution in [-0.2, 0) is 12.0 Å². The molecular weight excluding hydrogens is 210 g/mol. The van der Waals surface area contributed by atoms with E-state index in [1.165, 1.54) is 16.7 Å². The third kappa shape index (κ3) is 2.19. The molecule has 0 saturated carbocycles. The Morgan fingerprint density at radius 3 is 2.59 bits per heavy atom. The zero-order valence-corrected chi connectivity index (χ0v) is 11.6. The molecule has 0 amide bonds. The Morgan fingerprint density at radius 2 is 2.00 bits per heavy atom. The summed E-state index contributed by atoms with van der Waals surface area (Å²) in [4.78, 5) is 0. The van der Waals surface area contributed by atoms with Gasteiger partial charge in [-0.15, -0.1) is 0 Å². The quantitative estimate of drug-likeness (QED) is 0.847. The van der Waals surface area contributed by atoms with E-state index in [4.69, 9.17) is 4.74 Å². The minimum absolute atomic E-state index is 0.147. The fourth-order valence-electron chi connectivity index (χ4n) is 2.70. The van der Waals surface area contributed by atoms with E-state index in [1.54, 1.807) is 7.11 Å². The van der Waals surface area contributed by atoms with E-state index in [0.717, 1.165) is 18.8 Å². The van der Waals surface area contributed by atoms with Gasteiger partial charge in [-0.2, -0.15) is 0 Å². The average molecular weight is 233 g/mol. The maximum absolute atomic E-state index is 5.61. The van der Waals surface area contributed by atoms with Gasteiger partial charge in [0.1, 0.15) is 5.75 Å². The molecule has 0 aromatic heterocycles. The van der Waals surface area contributed by atoms with Gasteiger partial charge < -0.3 is 10.1 Å². The summed E-state index contributed by atoms with van der Waals surface area (Å²) in [6.45, 7) is 11.0. The van der Waals surface area contributed by atoms with Crippen molar-refractivity contribution in [2.75, 3.05) is 13.7 Å². The monoisotopic (exact) mass is 233 g/mol. The highest BCUT2D eigenvalue weighted by Crippen LogP contribution is 2.38. The SMILES string of the molecule is COc1cc(C(C)C)cc2c1C(C)(C)CNC2. The summed E-state index contributed by atoms with van der Waals surface area (Å²) in [5.74, 6) is 1.59. The van der Waals surface area contributed by atoms with Crippen LogP contribution in [0.1, 0.15) is 50.3 Å². The van der Waals surface area contributed by atoms with Crippen molar-refractivity contribution in [3.05, 3.63) is 28.8 Å². The first kappa shape index (κ1) is 12.4. The lowest BCUT2D eigenvalue weighted by molar-refractivity contribution is 0.370. The van der Waals surface area contributed by atoms with Crippen molar-refractivity contribution in [3.63, 3.8) is 0 Å². The summed E-state index contributed by atoms with van der Waals surface area (Å²) < 4.78 is 5.61. The summed E-state index contributed by atoms with van der Waals surface area (Å²) in [5.41, 5.74) is 4.28. The van der Waals surface area contributed by atoms with E-state index in [9.17, 15) is 0 Å². The van der Waals surface area contributed by atoms with Crippen LogP contribution in [0.25, 0.3) is 0 Å². The van der Waals surface area contributed by atoms with E-state index in [1.807, 2.05) is 0 Å². The Labute approximate surface area is 104 Å². The lowest BCUT2D eigenvalue weighted by Gasteiger charge is -2.35. The number of fused-ring (bicyclic) bond motifs is 1. The normalized spacial score (nSPS) is 18.0. The second-order valence-electron chi connectivity index (χ2n) is 5.90.